The highest BCUT2D eigenvalue weighted by Crippen LogP contribution is 2.64. The number of amides is 2. The molecule has 1 aliphatic carbocycles. The van der Waals surface area contributed by atoms with Gasteiger partial charge >= 0.3 is 6.03 Å². The molecule has 0 aromatic heterocycles. The molecular formula is C22H26F2N2O3. The standard InChI is InChI=1S/C22H26F2N2O3/c1-21(2)12-22(21,16-7-6-15(23)10-17(16)24)13-26-20(27)25-11-14-5-8-18(28-3)19(9-14)29-4/h5-10H,11-13H2,1-4H3,(H2,25,26,27). The highest BCUT2D eigenvalue weighted by Gasteiger charge is 2.62. The highest BCUT2D eigenvalue weighted by molar-refractivity contribution is 5.74. The lowest BCUT2D eigenvalue weighted by atomic mass is 9.87. The number of carbonyl (C=O) groups is 1. The molecule has 0 aliphatic heterocycles. The Morgan fingerprint density at radius 2 is 1.72 bits per heavy atom. The zero-order valence-electron chi connectivity index (χ0n) is 17.1. The van der Waals surface area contributed by atoms with E-state index in [-0.39, 0.29) is 18.0 Å². The number of halogens is 2. The predicted octanol–water partition coefficient (Wildman–Crippen LogP) is 4.15. The lowest BCUT2D eigenvalue weighted by Crippen LogP contribution is -2.41. The number of benzene rings is 2. The third-order valence-electron chi connectivity index (χ3n) is 5.81. The van der Waals surface area contributed by atoms with Gasteiger partial charge in [0.2, 0.25) is 0 Å². The third-order valence-corrected chi connectivity index (χ3v) is 5.81. The Balaban J connectivity index is 1.62. The average molecular weight is 404 g/mol. The summed E-state index contributed by atoms with van der Waals surface area (Å²) in [5.74, 6) is 0.00111. The van der Waals surface area contributed by atoms with Gasteiger partial charge in [-0.15, -0.1) is 0 Å². The summed E-state index contributed by atoms with van der Waals surface area (Å²) >= 11 is 0. The second-order valence-corrected chi connectivity index (χ2v) is 7.99. The third kappa shape index (κ3) is 4.13. The van der Waals surface area contributed by atoms with Crippen molar-refractivity contribution in [1.82, 2.24) is 10.6 Å². The van der Waals surface area contributed by atoms with Crippen LogP contribution < -0.4 is 20.1 Å². The van der Waals surface area contributed by atoms with Gasteiger partial charge in [-0.25, -0.2) is 13.6 Å². The Labute approximate surface area is 169 Å². The largest absolute Gasteiger partial charge is 0.493 e. The molecule has 156 valence electrons. The number of hydrogen-bond acceptors (Lipinski definition) is 3. The molecule has 2 amide bonds. The molecule has 0 bridgehead atoms. The lowest BCUT2D eigenvalue weighted by molar-refractivity contribution is 0.238. The van der Waals surface area contributed by atoms with Crippen molar-refractivity contribution in [3.8, 4) is 11.5 Å². The normalized spacial score (nSPS) is 19.4. The van der Waals surface area contributed by atoms with E-state index in [1.807, 2.05) is 19.9 Å². The molecule has 0 saturated heterocycles. The van der Waals surface area contributed by atoms with Crippen molar-refractivity contribution in [2.24, 2.45) is 5.41 Å². The summed E-state index contributed by atoms with van der Waals surface area (Å²) in [5.41, 5.74) is 0.543. The van der Waals surface area contributed by atoms with Crippen molar-refractivity contribution in [3.63, 3.8) is 0 Å². The molecule has 7 heteroatoms. The molecule has 1 aliphatic rings. The predicted molar refractivity (Wildman–Crippen MR) is 106 cm³/mol. The van der Waals surface area contributed by atoms with Gasteiger partial charge in [0.1, 0.15) is 11.6 Å². The van der Waals surface area contributed by atoms with Gasteiger partial charge in [-0.2, -0.15) is 0 Å². The van der Waals surface area contributed by atoms with Gasteiger partial charge in [0.15, 0.2) is 11.5 Å². The van der Waals surface area contributed by atoms with Crippen molar-refractivity contribution in [2.75, 3.05) is 20.8 Å². The maximum Gasteiger partial charge on any atom is 0.315 e. The molecule has 0 radical (unpaired) electrons. The summed E-state index contributed by atoms with van der Waals surface area (Å²) in [4.78, 5) is 12.3. The quantitative estimate of drug-likeness (QED) is 0.729. The van der Waals surface area contributed by atoms with Crippen molar-refractivity contribution in [1.29, 1.82) is 0 Å². The lowest BCUT2D eigenvalue weighted by Gasteiger charge is -2.22. The van der Waals surface area contributed by atoms with E-state index in [0.717, 1.165) is 11.6 Å². The van der Waals surface area contributed by atoms with Crippen LogP contribution in [0.1, 0.15) is 31.4 Å². The van der Waals surface area contributed by atoms with Crippen molar-refractivity contribution in [2.45, 2.75) is 32.2 Å². The first-order valence-corrected chi connectivity index (χ1v) is 9.40. The van der Waals surface area contributed by atoms with Gasteiger partial charge < -0.3 is 20.1 Å². The zero-order valence-corrected chi connectivity index (χ0v) is 17.1. The van der Waals surface area contributed by atoms with Crippen LogP contribution in [0.3, 0.4) is 0 Å². The number of hydrogen-bond donors (Lipinski definition) is 2. The molecule has 29 heavy (non-hydrogen) atoms. The second-order valence-electron chi connectivity index (χ2n) is 7.99. The Hall–Kier alpha value is -2.83. The molecule has 1 fully saturated rings. The average Bonchev–Trinajstić information content (AvgIpc) is 3.25. The van der Waals surface area contributed by atoms with Gasteiger partial charge in [0, 0.05) is 24.6 Å². The first kappa shape index (κ1) is 20.9. The van der Waals surface area contributed by atoms with E-state index in [9.17, 15) is 13.6 Å². The summed E-state index contributed by atoms with van der Waals surface area (Å²) in [6.07, 6.45) is 0.707. The van der Waals surface area contributed by atoms with Gasteiger partial charge in [0.25, 0.3) is 0 Å². The van der Waals surface area contributed by atoms with Crippen molar-refractivity contribution >= 4 is 6.03 Å². The van der Waals surface area contributed by atoms with Crippen LogP contribution in [0.15, 0.2) is 36.4 Å². The topological polar surface area (TPSA) is 59.6 Å². The van der Waals surface area contributed by atoms with E-state index >= 15 is 0 Å². The molecule has 2 aromatic carbocycles. The molecule has 0 heterocycles. The summed E-state index contributed by atoms with van der Waals surface area (Å²) in [6.45, 7) is 4.59. The van der Waals surface area contributed by atoms with Crippen LogP contribution >= 0.6 is 0 Å². The summed E-state index contributed by atoms with van der Waals surface area (Å²) in [7, 11) is 3.11. The molecular weight excluding hydrogens is 378 g/mol. The van der Waals surface area contributed by atoms with Crippen LogP contribution in [0.25, 0.3) is 0 Å². The van der Waals surface area contributed by atoms with Crippen LogP contribution in [0.4, 0.5) is 13.6 Å². The first-order chi connectivity index (χ1) is 13.7. The van der Waals surface area contributed by atoms with Crippen LogP contribution in [0, 0.1) is 17.0 Å². The van der Waals surface area contributed by atoms with Crippen LogP contribution in [-0.4, -0.2) is 26.8 Å². The Bertz CT molecular complexity index is 917. The molecule has 3 rings (SSSR count). The summed E-state index contributed by atoms with van der Waals surface area (Å²) in [5, 5.41) is 5.63. The Morgan fingerprint density at radius 3 is 2.31 bits per heavy atom. The fraction of sp³-hybridized carbons (Fsp3) is 0.409. The highest BCUT2D eigenvalue weighted by atomic mass is 19.1. The van der Waals surface area contributed by atoms with E-state index in [2.05, 4.69) is 10.6 Å². The number of methoxy groups -OCH3 is 2. The molecule has 1 saturated carbocycles. The van der Waals surface area contributed by atoms with Gasteiger partial charge in [-0.3, -0.25) is 0 Å². The van der Waals surface area contributed by atoms with Crippen molar-refractivity contribution < 1.29 is 23.0 Å². The van der Waals surface area contributed by atoms with Crippen LogP contribution in [0.5, 0.6) is 11.5 Å². The molecule has 0 spiro atoms. The second kappa shape index (κ2) is 7.89. The monoisotopic (exact) mass is 404 g/mol. The van der Waals surface area contributed by atoms with E-state index in [1.54, 1.807) is 26.4 Å². The minimum Gasteiger partial charge on any atom is -0.493 e. The molecule has 2 N–H and O–H groups in total. The first-order valence-electron chi connectivity index (χ1n) is 9.40. The minimum absolute atomic E-state index is 0.192. The fourth-order valence-electron chi connectivity index (χ4n) is 3.91. The SMILES string of the molecule is COc1ccc(CNC(=O)NCC2(c3ccc(F)cc3F)CC2(C)C)cc1OC. The smallest absolute Gasteiger partial charge is 0.315 e. The summed E-state index contributed by atoms with van der Waals surface area (Å²) < 4.78 is 38.1. The van der Waals surface area contributed by atoms with Crippen LogP contribution in [-0.2, 0) is 12.0 Å². The minimum atomic E-state index is -0.611. The molecule has 2 aromatic rings. The summed E-state index contributed by atoms with van der Waals surface area (Å²) in [6, 6.07) is 8.66. The van der Waals surface area contributed by atoms with E-state index < -0.39 is 17.0 Å². The number of rotatable bonds is 7. The number of ether oxygens (including phenoxy) is 2. The number of nitrogens with one attached hydrogen (secondary N) is 2. The molecule has 1 unspecified atom stereocenters. The molecule has 5 nitrogen and oxygen atoms in total. The van der Waals surface area contributed by atoms with Crippen LogP contribution in [0.2, 0.25) is 0 Å². The van der Waals surface area contributed by atoms with E-state index in [1.165, 1.54) is 12.1 Å². The fourth-order valence-corrected chi connectivity index (χ4v) is 3.91. The zero-order chi connectivity index (χ0) is 21.2. The molecule has 1 atom stereocenters. The number of carbonyl (C=O) groups excluding carboxylic acids is 1. The van der Waals surface area contributed by atoms with E-state index in [4.69, 9.17) is 9.47 Å². The van der Waals surface area contributed by atoms with Gasteiger partial charge in [-0.1, -0.05) is 26.0 Å². The maximum absolute atomic E-state index is 14.4. The van der Waals surface area contributed by atoms with Crippen molar-refractivity contribution in [3.05, 3.63) is 59.2 Å². The Kier molecular flexibility index (Phi) is 5.68. The van der Waals surface area contributed by atoms with E-state index in [0.29, 0.717) is 30.0 Å². The van der Waals surface area contributed by atoms with Gasteiger partial charge in [-0.05, 0) is 41.2 Å². The number of urea groups is 1. The Morgan fingerprint density at radius 1 is 1.03 bits per heavy atom. The van der Waals surface area contributed by atoms with Gasteiger partial charge in [0.05, 0.1) is 14.2 Å². The maximum atomic E-state index is 14.4.